The number of nitrogens with one attached hydrogen (secondary N) is 1. The van der Waals surface area contributed by atoms with E-state index in [4.69, 9.17) is 5.73 Å². The average Bonchev–Trinajstić information content (AvgIpc) is 2.47. The van der Waals surface area contributed by atoms with Gasteiger partial charge in [0.05, 0.1) is 5.54 Å². The maximum absolute atomic E-state index is 5.76. The van der Waals surface area contributed by atoms with Gasteiger partial charge in [0.15, 0.2) is 5.17 Å². The molecule has 0 aliphatic carbocycles. The summed E-state index contributed by atoms with van der Waals surface area (Å²) in [4.78, 5) is 4.57. The van der Waals surface area contributed by atoms with E-state index in [0.29, 0.717) is 5.92 Å². The zero-order valence-corrected chi connectivity index (χ0v) is 8.60. The van der Waals surface area contributed by atoms with Crippen molar-refractivity contribution in [2.45, 2.75) is 12.5 Å². The first-order valence-electron chi connectivity index (χ1n) is 4.59. The second kappa shape index (κ2) is 3.35. The number of rotatable bonds is 1. The number of allylic oxidation sites excluding steroid dienone is 1. The van der Waals surface area contributed by atoms with E-state index >= 15 is 0 Å². The summed E-state index contributed by atoms with van der Waals surface area (Å²) < 4.78 is 0. The molecular weight excluding hydrogens is 182 g/mol. The zero-order chi connectivity index (χ0) is 9.31. The highest BCUT2D eigenvalue weighted by Gasteiger charge is 2.43. The van der Waals surface area contributed by atoms with Gasteiger partial charge in [-0.25, -0.2) is 0 Å². The van der Waals surface area contributed by atoms with E-state index < -0.39 is 0 Å². The van der Waals surface area contributed by atoms with Crippen LogP contribution in [0.4, 0.5) is 0 Å². The predicted molar refractivity (Wildman–Crippen MR) is 58.0 cm³/mol. The van der Waals surface area contributed by atoms with Crippen molar-refractivity contribution in [3.8, 4) is 0 Å². The molecule has 2 atom stereocenters. The van der Waals surface area contributed by atoms with Crippen LogP contribution < -0.4 is 11.1 Å². The minimum Gasteiger partial charge on any atom is -0.379 e. The highest BCUT2D eigenvalue weighted by atomic mass is 32.2. The molecule has 2 aliphatic rings. The lowest BCUT2D eigenvalue weighted by Gasteiger charge is -2.31. The molecule has 0 unspecified atom stereocenters. The Labute approximate surface area is 82.9 Å². The maximum Gasteiger partial charge on any atom is 0.154 e. The van der Waals surface area contributed by atoms with Crippen molar-refractivity contribution in [2.24, 2.45) is 16.6 Å². The summed E-state index contributed by atoms with van der Waals surface area (Å²) in [6.45, 7) is 4.04. The number of thioether (sulfide) groups is 1. The lowest BCUT2D eigenvalue weighted by molar-refractivity contribution is 0.459. The van der Waals surface area contributed by atoms with Crippen molar-refractivity contribution < 1.29 is 0 Å². The Morgan fingerprint density at radius 2 is 2.62 bits per heavy atom. The Kier molecular flexibility index (Phi) is 2.34. The van der Waals surface area contributed by atoms with Crippen LogP contribution in [0.2, 0.25) is 0 Å². The molecule has 2 aliphatic heterocycles. The van der Waals surface area contributed by atoms with E-state index in [9.17, 15) is 0 Å². The van der Waals surface area contributed by atoms with Gasteiger partial charge in [0.25, 0.3) is 0 Å². The monoisotopic (exact) mass is 197 g/mol. The van der Waals surface area contributed by atoms with Crippen LogP contribution in [0, 0.1) is 5.92 Å². The Bertz CT molecular complexity index is 262. The first-order chi connectivity index (χ1) is 6.27. The first kappa shape index (κ1) is 9.09. The number of nitrogens with two attached hydrogens (primary N) is 1. The van der Waals surface area contributed by atoms with Crippen LogP contribution >= 0.6 is 11.8 Å². The Morgan fingerprint density at radius 1 is 1.77 bits per heavy atom. The van der Waals surface area contributed by atoms with E-state index in [-0.39, 0.29) is 5.54 Å². The molecule has 0 radical (unpaired) electrons. The van der Waals surface area contributed by atoms with Gasteiger partial charge in [-0.1, -0.05) is 23.9 Å². The van der Waals surface area contributed by atoms with Crippen molar-refractivity contribution in [3.05, 3.63) is 12.2 Å². The maximum atomic E-state index is 5.76. The summed E-state index contributed by atoms with van der Waals surface area (Å²) in [5.41, 5.74) is 5.72. The standard InChI is InChI=1S/C9H15N3S/c1-2-3-9-6-11-4-7(9)5-13-8(10)12-9/h2-3,7,11H,4-6H2,1H3,(H2,10,12)/b3-2+/t7-,9-/m0/s1. The summed E-state index contributed by atoms with van der Waals surface area (Å²) >= 11 is 1.67. The number of nitrogens with zero attached hydrogens (tertiary/aromatic N) is 1. The molecule has 1 saturated heterocycles. The van der Waals surface area contributed by atoms with Crippen LogP contribution in [0.15, 0.2) is 17.1 Å². The van der Waals surface area contributed by atoms with Gasteiger partial charge in [-0.3, -0.25) is 4.99 Å². The molecule has 0 aromatic heterocycles. The van der Waals surface area contributed by atoms with E-state index in [1.807, 2.05) is 6.92 Å². The fourth-order valence-electron chi connectivity index (χ4n) is 2.05. The fourth-order valence-corrected chi connectivity index (χ4v) is 3.06. The lowest BCUT2D eigenvalue weighted by atomic mass is 9.88. The summed E-state index contributed by atoms with van der Waals surface area (Å²) in [5.74, 6) is 1.70. The lowest BCUT2D eigenvalue weighted by Crippen LogP contribution is -2.40. The molecule has 0 aromatic carbocycles. The van der Waals surface area contributed by atoms with Gasteiger partial charge in [0, 0.05) is 24.8 Å². The fraction of sp³-hybridized carbons (Fsp3) is 0.667. The third kappa shape index (κ3) is 1.48. The minimum atomic E-state index is -0.0376. The molecule has 0 spiro atoms. The topological polar surface area (TPSA) is 50.4 Å². The molecule has 2 rings (SSSR count). The Morgan fingerprint density at radius 3 is 3.38 bits per heavy atom. The van der Waals surface area contributed by atoms with E-state index in [0.717, 1.165) is 24.0 Å². The van der Waals surface area contributed by atoms with Crippen LogP contribution in [0.5, 0.6) is 0 Å². The molecule has 0 aromatic rings. The molecule has 72 valence electrons. The highest BCUT2D eigenvalue weighted by molar-refractivity contribution is 8.13. The van der Waals surface area contributed by atoms with E-state index in [2.05, 4.69) is 22.5 Å². The third-order valence-electron chi connectivity index (χ3n) is 2.71. The normalized spacial score (nSPS) is 39.2. The van der Waals surface area contributed by atoms with Gasteiger partial charge in [-0.05, 0) is 6.92 Å². The zero-order valence-electron chi connectivity index (χ0n) is 7.79. The Balaban J connectivity index is 2.32. The number of aliphatic imine (C=N–C) groups is 1. The van der Waals surface area contributed by atoms with Crippen molar-refractivity contribution in [2.75, 3.05) is 18.8 Å². The summed E-state index contributed by atoms with van der Waals surface area (Å²) in [5, 5.41) is 4.12. The second-order valence-electron chi connectivity index (χ2n) is 3.58. The van der Waals surface area contributed by atoms with Gasteiger partial charge in [-0.15, -0.1) is 0 Å². The first-order valence-corrected chi connectivity index (χ1v) is 5.58. The second-order valence-corrected chi connectivity index (χ2v) is 4.62. The summed E-state index contributed by atoms with van der Waals surface area (Å²) in [7, 11) is 0. The van der Waals surface area contributed by atoms with Crippen LogP contribution in [0.3, 0.4) is 0 Å². The highest BCUT2D eigenvalue weighted by Crippen LogP contribution is 2.35. The van der Waals surface area contributed by atoms with Gasteiger partial charge in [-0.2, -0.15) is 0 Å². The molecule has 0 saturated carbocycles. The third-order valence-corrected chi connectivity index (χ3v) is 3.67. The van der Waals surface area contributed by atoms with Crippen molar-refractivity contribution >= 4 is 16.9 Å². The quantitative estimate of drug-likeness (QED) is 0.605. The van der Waals surface area contributed by atoms with Crippen molar-refractivity contribution in [1.29, 1.82) is 0 Å². The van der Waals surface area contributed by atoms with Gasteiger partial charge >= 0.3 is 0 Å². The van der Waals surface area contributed by atoms with Crippen LogP contribution in [-0.4, -0.2) is 29.5 Å². The smallest absolute Gasteiger partial charge is 0.154 e. The Hall–Kier alpha value is -0.480. The molecule has 1 fully saturated rings. The molecule has 3 nitrogen and oxygen atoms in total. The van der Waals surface area contributed by atoms with Gasteiger partial charge in [0.2, 0.25) is 0 Å². The van der Waals surface area contributed by atoms with Crippen molar-refractivity contribution in [3.63, 3.8) is 0 Å². The summed E-state index contributed by atoms with van der Waals surface area (Å²) in [6, 6.07) is 0. The van der Waals surface area contributed by atoms with Crippen LogP contribution in [0.25, 0.3) is 0 Å². The van der Waals surface area contributed by atoms with E-state index in [1.54, 1.807) is 11.8 Å². The molecule has 0 amide bonds. The number of fused-ring (bicyclic) bond motifs is 1. The average molecular weight is 197 g/mol. The molecule has 13 heavy (non-hydrogen) atoms. The molecule has 3 N–H and O–H groups in total. The molecule has 4 heteroatoms. The van der Waals surface area contributed by atoms with Crippen molar-refractivity contribution in [1.82, 2.24) is 5.32 Å². The SMILES string of the molecule is C/C=C/[C@]12CNC[C@H]1CSC(N)=N2. The molecular formula is C9H15N3S. The van der Waals surface area contributed by atoms with E-state index in [1.165, 1.54) is 0 Å². The van der Waals surface area contributed by atoms with Gasteiger partial charge in [0.1, 0.15) is 0 Å². The predicted octanol–water partition coefficient (Wildman–Crippen LogP) is 0.582. The van der Waals surface area contributed by atoms with Gasteiger partial charge < -0.3 is 11.1 Å². The molecule has 2 heterocycles. The summed E-state index contributed by atoms with van der Waals surface area (Å²) in [6.07, 6.45) is 4.26. The van der Waals surface area contributed by atoms with Crippen LogP contribution in [0.1, 0.15) is 6.92 Å². The number of hydrogen-bond acceptors (Lipinski definition) is 4. The molecule has 0 bridgehead atoms. The number of hydrogen-bond donors (Lipinski definition) is 2. The number of amidine groups is 1. The minimum absolute atomic E-state index is 0.0376. The largest absolute Gasteiger partial charge is 0.379 e. The van der Waals surface area contributed by atoms with Crippen LogP contribution in [-0.2, 0) is 0 Å².